The van der Waals surface area contributed by atoms with E-state index >= 15 is 0 Å². The van der Waals surface area contributed by atoms with Gasteiger partial charge < -0.3 is 9.47 Å². The molecule has 1 aromatic rings. The van der Waals surface area contributed by atoms with Crippen molar-refractivity contribution in [2.24, 2.45) is 11.8 Å². The Labute approximate surface area is 128 Å². The van der Waals surface area contributed by atoms with E-state index in [1.807, 2.05) is 6.07 Å². The Bertz CT molecular complexity index is 744. The SMILES string of the molecule is COC(=O)c1ccc2c(c1C(=O)OC)[C@@H]1C=C[C@@H]3C=C[C@@H]2[C@H]31. The number of fused-ring (bicyclic) bond motifs is 3. The normalized spacial score (nSPS) is 29.4. The predicted octanol–water partition coefficient (Wildman–Crippen LogP) is 2.81. The molecule has 0 heterocycles. The van der Waals surface area contributed by atoms with Gasteiger partial charge in [0.25, 0.3) is 0 Å². The van der Waals surface area contributed by atoms with Crippen LogP contribution in [0.25, 0.3) is 0 Å². The standard InChI is InChI=1S/C18H16O4/c1-21-17(19)13-8-7-11-10-5-3-9-4-6-12(14(9)10)15(11)16(13)18(20)22-2/h3-10,12,14H,1-2H3/t9-,10-,12+,14-/m0/s1. The van der Waals surface area contributed by atoms with Gasteiger partial charge in [0.05, 0.1) is 25.3 Å². The van der Waals surface area contributed by atoms with Gasteiger partial charge in [-0.1, -0.05) is 30.4 Å². The van der Waals surface area contributed by atoms with Crippen LogP contribution in [0.5, 0.6) is 0 Å². The molecule has 0 saturated carbocycles. The molecule has 0 spiro atoms. The van der Waals surface area contributed by atoms with E-state index in [1.54, 1.807) is 6.07 Å². The topological polar surface area (TPSA) is 52.6 Å². The van der Waals surface area contributed by atoms with Crippen molar-refractivity contribution in [1.29, 1.82) is 0 Å². The maximum Gasteiger partial charge on any atom is 0.339 e. The Kier molecular flexibility index (Phi) is 2.76. The second-order valence-electron chi connectivity index (χ2n) is 5.95. The largest absolute Gasteiger partial charge is 0.465 e. The molecule has 0 aliphatic heterocycles. The number of benzene rings is 1. The number of carbonyl (C=O) groups is 2. The van der Waals surface area contributed by atoms with E-state index in [0.717, 1.165) is 11.1 Å². The molecule has 0 aromatic heterocycles. The molecule has 4 rings (SSSR count). The van der Waals surface area contributed by atoms with Crippen LogP contribution in [0.15, 0.2) is 36.4 Å². The molecule has 22 heavy (non-hydrogen) atoms. The molecular formula is C18H16O4. The highest BCUT2D eigenvalue weighted by Crippen LogP contribution is 2.59. The summed E-state index contributed by atoms with van der Waals surface area (Å²) in [6.45, 7) is 0. The van der Waals surface area contributed by atoms with Gasteiger partial charge in [-0.3, -0.25) is 0 Å². The fraction of sp³-hybridized carbons (Fsp3) is 0.333. The molecular weight excluding hydrogens is 280 g/mol. The van der Waals surface area contributed by atoms with Gasteiger partial charge in [-0.15, -0.1) is 0 Å². The fourth-order valence-electron chi connectivity index (χ4n) is 4.26. The number of hydrogen-bond donors (Lipinski definition) is 0. The van der Waals surface area contributed by atoms with Gasteiger partial charge in [0.1, 0.15) is 0 Å². The number of methoxy groups -OCH3 is 2. The van der Waals surface area contributed by atoms with Crippen molar-refractivity contribution in [3.63, 3.8) is 0 Å². The Morgan fingerprint density at radius 2 is 1.59 bits per heavy atom. The molecule has 3 aliphatic rings. The zero-order valence-corrected chi connectivity index (χ0v) is 12.4. The number of hydrogen-bond acceptors (Lipinski definition) is 4. The zero-order chi connectivity index (χ0) is 15.4. The molecule has 1 aromatic carbocycles. The molecule has 0 saturated heterocycles. The molecule has 0 fully saturated rings. The van der Waals surface area contributed by atoms with Gasteiger partial charge in [0.2, 0.25) is 0 Å². The molecule has 0 N–H and O–H groups in total. The first-order valence-corrected chi connectivity index (χ1v) is 7.37. The minimum absolute atomic E-state index is 0.165. The Balaban J connectivity index is 1.97. The van der Waals surface area contributed by atoms with E-state index in [1.165, 1.54) is 14.2 Å². The highest BCUT2D eigenvalue weighted by atomic mass is 16.5. The molecule has 3 aliphatic carbocycles. The first kappa shape index (κ1) is 13.3. The van der Waals surface area contributed by atoms with Crippen LogP contribution in [-0.2, 0) is 9.47 Å². The lowest BCUT2D eigenvalue weighted by Crippen LogP contribution is -2.16. The zero-order valence-electron chi connectivity index (χ0n) is 12.4. The quantitative estimate of drug-likeness (QED) is 0.622. The Morgan fingerprint density at radius 1 is 0.909 bits per heavy atom. The van der Waals surface area contributed by atoms with Crippen LogP contribution in [0.1, 0.15) is 43.7 Å². The number of allylic oxidation sites excluding steroid dienone is 4. The molecule has 0 unspecified atom stereocenters. The summed E-state index contributed by atoms with van der Waals surface area (Å²) >= 11 is 0. The lowest BCUT2D eigenvalue weighted by Gasteiger charge is -2.16. The average Bonchev–Trinajstić information content (AvgIpc) is 3.21. The Hall–Kier alpha value is -2.36. The molecule has 0 amide bonds. The van der Waals surface area contributed by atoms with Crippen LogP contribution in [0.3, 0.4) is 0 Å². The lowest BCUT2D eigenvalue weighted by atomic mass is 9.87. The van der Waals surface area contributed by atoms with Crippen molar-refractivity contribution in [2.75, 3.05) is 14.2 Å². The summed E-state index contributed by atoms with van der Waals surface area (Å²) in [5, 5.41) is 0. The molecule has 0 bridgehead atoms. The van der Waals surface area contributed by atoms with Crippen molar-refractivity contribution in [1.82, 2.24) is 0 Å². The van der Waals surface area contributed by atoms with Crippen molar-refractivity contribution >= 4 is 11.9 Å². The number of esters is 2. The van der Waals surface area contributed by atoms with Crippen LogP contribution >= 0.6 is 0 Å². The average molecular weight is 296 g/mol. The highest BCUT2D eigenvalue weighted by molar-refractivity contribution is 6.05. The van der Waals surface area contributed by atoms with Crippen molar-refractivity contribution < 1.29 is 19.1 Å². The first-order valence-electron chi connectivity index (χ1n) is 7.37. The summed E-state index contributed by atoms with van der Waals surface area (Å²) in [6.07, 6.45) is 8.81. The van der Waals surface area contributed by atoms with Crippen molar-refractivity contribution in [2.45, 2.75) is 11.8 Å². The van der Waals surface area contributed by atoms with Gasteiger partial charge in [-0.05, 0) is 29.0 Å². The summed E-state index contributed by atoms with van der Waals surface area (Å²) in [4.78, 5) is 24.4. The summed E-state index contributed by atoms with van der Waals surface area (Å²) in [6, 6.07) is 3.64. The molecule has 4 atom stereocenters. The van der Waals surface area contributed by atoms with E-state index in [0.29, 0.717) is 23.3 Å². The smallest absolute Gasteiger partial charge is 0.339 e. The monoisotopic (exact) mass is 296 g/mol. The Morgan fingerprint density at radius 3 is 2.27 bits per heavy atom. The number of ether oxygens (including phenoxy) is 2. The molecule has 112 valence electrons. The summed E-state index contributed by atoms with van der Waals surface area (Å²) in [5.74, 6) is 0.363. The third kappa shape index (κ3) is 1.52. The second kappa shape index (κ2) is 4.57. The first-order chi connectivity index (χ1) is 10.7. The van der Waals surface area contributed by atoms with E-state index < -0.39 is 11.9 Å². The third-order valence-corrected chi connectivity index (χ3v) is 5.12. The van der Waals surface area contributed by atoms with Crippen LogP contribution < -0.4 is 0 Å². The molecule has 4 heteroatoms. The molecule has 4 nitrogen and oxygen atoms in total. The van der Waals surface area contributed by atoms with Gasteiger partial charge in [0.15, 0.2) is 0 Å². The summed E-state index contributed by atoms with van der Waals surface area (Å²) in [7, 11) is 2.66. The van der Waals surface area contributed by atoms with Crippen LogP contribution in [0, 0.1) is 11.8 Å². The minimum Gasteiger partial charge on any atom is -0.465 e. The minimum atomic E-state index is -0.505. The van der Waals surface area contributed by atoms with E-state index in [9.17, 15) is 9.59 Å². The van der Waals surface area contributed by atoms with Crippen LogP contribution in [0.2, 0.25) is 0 Å². The van der Waals surface area contributed by atoms with Gasteiger partial charge in [-0.25, -0.2) is 9.59 Å². The van der Waals surface area contributed by atoms with E-state index in [-0.39, 0.29) is 11.5 Å². The second-order valence-corrected chi connectivity index (χ2v) is 5.95. The maximum atomic E-state index is 12.3. The number of carbonyl (C=O) groups excluding carboxylic acids is 2. The predicted molar refractivity (Wildman–Crippen MR) is 79.9 cm³/mol. The number of rotatable bonds is 2. The van der Waals surface area contributed by atoms with Crippen LogP contribution in [-0.4, -0.2) is 26.2 Å². The van der Waals surface area contributed by atoms with Gasteiger partial charge >= 0.3 is 11.9 Å². The van der Waals surface area contributed by atoms with Gasteiger partial charge in [0, 0.05) is 11.8 Å². The fourth-order valence-corrected chi connectivity index (χ4v) is 4.26. The maximum absolute atomic E-state index is 12.3. The van der Waals surface area contributed by atoms with E-state index in [4.69, 9.17) is 9.47 Å². The summed E-state index contributed by atoms with van der Waals surface area (Å²) < 4.78 is 9.76. The summed E-state index contributed by atoms with van der Waals surface area (Å²) in [5.41, 5.74) is 2.72. The van der Waals surface area contributed by atoms with Crippen LogP contribution in [0.4, 0.5) is 0 Å². The third-order valence-electron chi connectivity index (χ3n) is 5.12. The van der Waals surface area contributed by atoms with Gasteiger partial charge in [-0.2, -0.15) is 0 Å². The molecule has 0 radical (unpaired) electrons. The lowest BCUT2D eigenvalue weighted by molar-refractivity contribution is 0.0554. The van der Waals surface area contributed by atoms with E-state index in [2.05, 4.69) is 24.3 Å². The van der Waals surface area contributed by atoms with Crippen molar-refractivity contribution in [3.8, 4) is 0 Å². The highest BCUT2D eigenvalue weighted by Gasteiger charge is 2.49. The van der Waals surface area contributed by atoms with Crippen molar-refractivity contribution in [3.05, 3.63) is 58.7 Å².